The van der Waals surface area contributed by atoms with Gasteiger partial charge in [0.25, 0.3) is 0 Å². The molecule has 3 N–H and O–H groups in total. The first-order valence-corrected chi connectivity index (χ1v) is 11.0. The molecule has 33 heavy (non-hydrogen) atoms. The molecule has 0 amide bonds. The topological polar surface area (TPSA) is 108 Å². The molecule has 1 saturated carbocycles. The molecule has 0 aliphatic heterocycles. The quantitative estimate of drug-likeness (QED) is 0.451. The van der Waals surface area contributed by atoms with Crippen LogP contribution in [0.5, 0.6) is 0 Å². The van der Waals surface area contributed by atoms with Crippen LogP contribution in [-0.2, 0) is 16.6 Å². The summed E-state index contributed by atoms with van der Waals surface area (Å²) in [5, 5.41) is 23.4. The van der Waals surface area contributed by atoms with Crippen molar-refractivity contribution in [1.29, 1.82) is 0 Å². The molecule has 0 radical (unpaired) electrons. The van der Waals surface area contributed by atoms with E-state index in [9.17, 15) is 23.1 Å². The van der Waals surface area contributed by atoms with Gasteiger partial charge in [0.1, 0.15) is 16.3 Å². The Hall–Kier alpha value is -3.05. The van der Waals surface area contributed by atoms with Crippen LogP contribution in [0.25, 0.3) is 10.4 Å². The van der Waals surface area contributed by atoms with Gasteiger partial charge in [0.15, 0.2) is 0 Å². The Bertz CT molecular complexity index is 1180. The molecule has 0 saturated heterocycles. The largest absolute Gasteiger partial charge is 0.481 e. The number of carboxylic acid groups (broad SMARTS) is 1. The number of aromatic nitrogens is 3. The third-order valence-electron chi connectivity index (χ3n) is 5.52. The molecule has 1 aliphatic rings. The standard InChI is InChI=1S/C22H21F3N4O3S/c1-12-6-14(9-15(7-12)28-20-26-5-3-17(29-20)22(23,24)25)16-11-27-19(33-16)21(32)4-2-13(10-21)8-18(30)31/h3,5-7,9,11,13,32H,2,4,8,10H2,1H3,(H,30,31)(H,26,28,29)/t13-,21-/m1/s1. The number of rotatable bonds is 6. The van der Waals surface area contributed by atoms with Gasteiger partial charge in [0, 0.05) is 24.5 Å². The highest BCUT2D eigenvalue weighted by Gasteiger charge is 2.41. The lowest BCUT2D eigenvalue weighted by atomic mass is 9.99. The molecule has 174 valence electrons. The second-order valence-corrected chi connectivity index (χ2v) is 9.27. The van der Waals surface area contributed by atoms with E-state index >= 15 is 0 Å². The van der Waals surface area contributed by atoms with Gasteiger partial charge in [0.05, 0.1) is 4.88 Å². The summed E-state index contributed by atoms with van der Waals surface area (Å²) >= 11 is 1.32. The van der Waals surface area contributed by atoms with E-state index in [0.717, 1.165) is 28.3 Å². The Kier molecular flexibility index (Phi) is 6.10. The number of nitrogens with zero attached hydrogens (tertiary/aromatic N) is 3. The summed E-state index contributed by atoms with van der Waals surface area (Å²) in [6.07, 6.45) is -0.449. The van der Waals surface area contributed by atoms with Gasteiger partial charge in [-0.15, -0.1) is 11.3 Å². The lowest BCUT2D eigenvalue weighted by molar-refractivity contribution is -0.141. The van der Waals surface area contributed by atoms with Crippen molar-refractivity contribution >= 4 is 28.9 Å². The summed E-state index contributed by atoms with van der Waals surface area (Å²) < 4.78 is 38.8. The predicted octanol–water partition coefficient (Wildman–Crippen LogP) is 5.13. The van der Waals surface area contributed by atoms with Crippen LogP contribution in [0.15, 0.2) is 36.7 Å². The van der Waals surface area contributed by atoms with Crippen LogP contribution in [0.2, 0.25) is 0 Å². The van der Waals surface area contributed by atoms with Crippen LogP contribution in [0.3, 0.4) is 0 Å². The smallest absolute Gasteiger partial charge is 0.433 e. The number of alkyl halides is 3. The number of carboxylic acids is 1. The maximum Gasteiger partial charge on any atom is 0.433 e. The van der Waals surface area contributed by atoms with Crippen LogP contribution < -0.4 is 5.32 Å². The zero-order valence-corrected chi connectivity index (χ0v) is 18.4. The second-order valence-electron chi connectivity index (χ2n) is 8.24. The lowest BCUT2D eigenvalue weighted by Gasteiger charge is -2.19. The molecule has 7 nitrogen and oxygen atoms in total. The van der Waals surface area contributed by atoms with Crippen molar-refractivity contribution < 1.29 is 28.2 Å². The van der Waals surface area contributed by atoms with Gasteiger partial charge in [-0.3, -0.25) is 4.79 Å². The number of nitrogens with one attached hydrogen (secondary N) is 1. The molecule has 1 aromatic carbocycles. The number of thiazole rings is 1. The van der Waals surface area contributed by atoms with Crippen molar-refractivity contribution in [3.05, 3.63) is 52.9 Å². The number of aryl methyl sites for hydroxylation is 1. The molecule has 4 rings (SSSR count). The number of hydrogen-bond donors (Lipinski definition) is 3. The minimum Gasteiger partial charge on any atom is -0.481 e. The van der Waals surface area contributed by atoms with Crippen molar-refractivity contribution in [2.45, 2.75) is 44.4 Å². The molecular weight excluding hydrogens is 457 g/mol. The molecule has 0 bridgehead atoms. The molecule has 0 unspecified atom stereocenters. The summed E-state index contributed by atoms with van der Waals surface area (Å²) in [5.41, 5.74) is -0.0407. The number of carbonyl (C=O) groups is 1. The number of hydrogen-bond acceptors (Lipinski definition) is 7. The summed E-state index contributed by atoms with van der Waals surface area (Å²) in [6, 6.07) is 6.22. The Morgan fingerprint density at radius 1 is 1.30 bits per heavy atom. The molecule has 2 atom stereocenters. The van der Waals surface area contributed by atoms with Gasteiger partial charge in [0.2, 0.25) is 5.95 Å². The average molecular weight is 478 g/mol. The summed E-state index contributed by atoms with van der Waals surface area (Å²) in [7, 11) is 0. The Morgan fingerprint density at radius 2 is 2.09 bits per heavy atom. The number of aliphatic carboxylic acids is 1. The van der Waals surface area contributed by atoms with E-state index < -0.39 is 23.4 Å². The Balaban J connectivity index is 1.56. The Morgan fingerprint density at radius 3 is 2.82 bits per heavy atom. The van der Waals surface area contributed by atoms with Crippen molar-refractivity contribution in [3.63, 3.8) is 0 Å². The summed E-state index contributed by atoms with van der Waals surface area (Å²) in [6.45, 7) is 1.85. The third-order valence-corrected chi connectivity index (χ3v) is 6.76. The molecule has 3 aromatic rings. The van der Waals surface area contributed by atoms with E-state index in [0.29, 0.717) is 30.0 Å². The fraction of sp³-hybridized carbons (Fsp3) is 0.364. The van der Waals surface area contributed by atoms with Gasteiger partial charge in [-0.25, -0.2) is 15.0 Å². The number of halogens is 3. The van der Waals surface area contributed by atoms with Crippen LogP contribution in [-0.4, -0.2) is 31.1 Å². The van der Waals surface area contributed by atoms with Gasteiger partial charge in [-0.05, 0) is 61.4 Å². The van der Waals surface area contributed by atoms with Crippen LogP contribution in [0.4, 0.5) is 24.8 Å². The van der Waals surface area contributed by atoms with Crippen LogP contribution >= 0.6 is 11.3 Å². The van der Waals surface area contributed by atoms with E-state index in [1.165, 1.54) is 11.3 Å². The molecule has 0 spiro atoms. The lowest BCUT2D eigenvalue weighted by Crippen LogP contribution is -2.21. The summed E-state index contributed by atoms with van der Waals surface area (Å²) in [4.78, 5) is 23.6. The molecule has 11 heteroatoms. The van der Waals surface area contributed by atoms with E-state index in [4.69, 9.17) is 5.11 Å². The van der Waals surface area contributed by atoms with Crippen LogP contribution in [0, 0.1) is 12.8 Å². The van der Waals surface area contributed by atoms with Crippen molar-refractivity contribution in [2.75, 3.05) is 5.32 Å². The maximum atomic E-state index is 12.9. The molecule has 2 heterocycles. The maximum absolute atomic E-state index is 12.9. The van der Waals surface area contributed by atoms with Crippen LogP contribution in [0.1, 0.15) is 41.9 Å². The van der Waals surface area contributed by atoms with Gasteiger partial charge in [-0.1, -0.05) is 6.07 Å². The first-order valence-electron chi connectivity index (χ1n) is 10.2. The molecule has 1 fully saturated rings. The second kappa shape index (κ2) is 8.71. The first-order chi connectivity index (χ1) is 15.5. The third kappa shape index (κ3) is 5.31. The fourth-order valence-corrected chi connectivity index (χ4v) is 5.10. The zero-order valence-electron chi connectivity index (χ0n) is 17.6. The van der Waals surface area contributed by atoms with Gasteiger partial charge < -0.3 is 15.5 Å². The highest BCUT2D eigenvalue weighted by Crippen LogP contribution is 2.46. The SMILES string of the molecule is Cc1cc(Nc2nccc(C(F)(F)F)n2)cc(-c2cnc([C@@]3(O)CC[C@H](CC(=O)O)C3)s2)c1. The van der Waals surface area contributed by atoms with Crippen molar-refractivity contribution in [3.8, 4) is 10.4 Å². The predicted molar refractivity (Wildman–Crippen MR) is 116 cm³/mol. The van der Waals surface area contributed by atoms with E-state index in [-0.39, 0.29) is 18.3 Å². The number of aliphatic hydroxyl groups is 1. The minimum absolute atomic E-state index is 0.0189. The Labute approximate surface area is 191 Å². The van der Waals surface area contributed by atoms with E-state index in [2.05, 4.69) is 20.3 Å². The first kappa shape index (κ1) is 23.1. The van der Waals surface area contributed by atoms with Gasteiger partial charge in [-0.2, -0.15) is 13.2 Å². The molecule has 1 aliphatic carbocycles. The minimum atomic E-state index is -4.57. The van der Waals surface area contributed by atoms with Crippen molar-refractivity contribution in [1.82, 2.24) is 15.0 Å². The van der Waals surface area contributed by atoms with E-state index in [1.54, 1.807) is 18.3 Å². The number of anilines is 2. The highest BCUT2D eigenvalue weighted by atomic mass is 32.1. The summed E-state index contributed by atoms with van der Waals surface area (Å²) in [5.74, 6) is -1.15. The molecular formula is C22H21F3N4O3S. The number of benzene rings is 1. The van der Waals surface area contributed by atoms with E-state index in [1.807, 2.05) is 13.0 Å². The fourth-order valence-electron chi connectivity index (χ4n) is 4.07. The zero-order chi connectivity index (χ0) is 23.8. The highest BCUT2D eigenvalue weighted by molar-refractivity contribution is 7.15. The normalized spacial score (nSPS) is 20.7. The van der Waals surface area contributed by atoms with Crippen molar-refractivity contribution in [2.24, 2.45) is 5.92 Å². The van der Waals surface area contributed by atoms with Gasteiger partial charge >= 0.3 is 12.1 Å². The monoisotopic (exact) mass is 478 g/mol. The molecule has 2 aromatic heterocycles. The average Bonchev–Trinajstić information content (AvgIpc) is 3.35.